The van der Waals surface area contributed by atoms with Gasteiger partial charge in [0.05, 0.1) is 75.1 Å². The summed E-state index contributed by atoms with van der Waals surface area (Å²) in [5.41, 5.74) is 11.9. The van der Waals surface area contributed by atoms with Gasteiger partial charge in [-0.1, -0.05) is 42.2 Å². The summed E-state index contributed by atoms with van der Waals surface area (Å²) in [5.74, 6) is -0.206. The normalized spacial score (nSPS) is 14.3. The molecule has 3 fully saturated rings. The summed E-state index contributed by atoms with van der Waals surface area (Å²) in [6, 6.07) is 28.0. The minimum atomic E-state index is -0.934. The first-order chi connectivity index (χ1) is 35.8. The molecule has 0 spiro atoms. The van der Waals surface area contributed by atoms with E-state index in [1.54, 1.807) is 61.3 Å². The second-order valence-corrected chi connectivity index (χ2v) is 19.3. The first-order valence-electron chi connectivity index (χ1n) is 25.5. The van der Waals surface area contributed by atoms with E-state index in [2.05, 4.69) is 59.5 Å². The fraction of sp³-hybridized carbons (Fsp3) is 0.305. The number of carboxylic acids is 3. The molecular formula is C59H65N9O6. The fourth-order valence-corrected chi connectivity index (χ4v) is 9.35. The van der Waals surface area contributed by atoms with Crippen LogP contribution in [-0.4, -0.2) is 79.3 Å². The number of benzene rings is 3. The molecule has 1 saturated carbocycles. The third-order valence-electron chi connectivity index (χ3n) is 13.4. The molecule has 2 saturated heterocycles. The first-order valence-corrected chi connectivity index (χ1v) is 25.5. The lowest BCUT2D eigenvalue weighted by atomic mass is 10.0. The van der Waals surface area contributed by atoms with Crippen molar-refractivity contribution in [3.8, 4) is 11.3 Å². The number of pyridine rings is 4. The molecule has 382 valence electrons. The number of hydrogen-bond acceptors (Lipinski definition) is 12. The van der Waals surface area contributed by atoms with Crippen LogP contribution < -0.4 is 25.8 Å². The second-order valence-electron chi connectivity index (χ2n) is 19.3. The number of aryl methyl sites for hydroxylation is 4. The number of anilines is 8. The van der Waals surface area contributed by atoms with E-state index in [1.165, 1.54) is 44.9 Å². The topological polar surface area (TPSA) is 206 Å². The number of nitrogens with one attached hydrogen (secondary N) is 3. The average Bonchev–Trinajstić information content (AvgIpc) is 4.28. The second kappa shape index (κ2) is 24.4. The van der Waals surface area contributed by atoms with Crippen molar-refractivity contribution in [2.24, 2.45) is 0 Å². The molecule has 2 aliphatic heterocycles. The van der Waals surface area contributed by atoms with Crippen molar-refractivity contribution in [1.82, 2.24) is 19.9 Å². The Morgan fingerprint density at radius 1 is 0.500 bits per heavy atom. The van der Waals surface area contributed by atoms with Gasteiger partial charge in [0, 0.05) is 44.1 Å². The molecule has 4 aromatic heterocycles. The zero-order valence-electron chi connectivity index (χ0n) is 42.6. The number of carbonyl (C=O) groups is 3. The summed E-state index contributed by atoms with van der Waals surface area (Å²) in [4.78, 5) is 56.9. The number of aromatic nitrogens is 4. The van der Waals surface area contributed by atoms with E-state index >= 15 is 0 Å². The zero-order chi connectivity index (χ0) is 52.1. The van der Waals surface area contributed by atoms with Gasteiger partial charge in [0.2, 0.25) is 0 Å². The number of nitrogens with zero attached hydrogens (tertiary/aromatic N) is 6. The molecule has 0 amide bonds. The maximum Gasteiger partial charge on any atom is 0.337 e. The van der Waals surface area contributed by atoms with E-state index in [-0.39, 0.29) is 11.1 Å². The van der Waals surface area contributed by atoms with E-state index in [9.17, 15) is 29.7 Å². The molecule has 15 nitrogen and oxygen atoms in total. The maximum atomic E-state index is 11.6. The summed E-state index contributed by atoms with van der Waals surface area (Å²) in [7, 11) is 0. The molecule has 3 aromatic carbocycles. The van der Waals surface area contributed by atoms with Crippen molar-refractivity contribution in [2.75, 3.05) is 51.9 Å². The number of rotatable bonds is 13. The van der Waals surface area contributed by atoms with Crippen LogP contribution in [0.1, 0.15) is 123 Å². The Bertz CT molecular complexity index is 3080. The number of piperidine rings is 1. The summed E-state index contributed by atoms with van der Waals surface area (Å²) >= 11 is 0. The Morgan fingerprint density at radius 3 is 1.39 bits per heavy atom. The first kappa shape index (κ1) is 52.0. The number of carboxylic acid groups (broad SMARTS) is 3. The quantitative estimate of drug-likeness (QED) is 0.0635. The van der Waals surface area contributed by atoms with Gasteiger partial charge in [0.25, 0.3) is 0 Å². The lowest BCUT2D eigenvalue weighted by molar-refractivity contribution is 0.0687. The van der Waals surface area contributed by atoms with Crippen molar-refractivity contribution in [3.05, 3.63) is 166 Å². The van der Waals surface area contributed by atoms with E-state index < -0.39 is 17.9 Å². The summed E-state index contributed by atoms with van der Waals surface area (Å²) < 4.78 is 0. The van der Waals surface area contributed by atoms with E-state index in [0.29, 0.717) is 28.5 Å². The third kappa shape index (κ3) is 13.8. The molecule has 0 unspecified atom stereocenters. The number of hydrogen-bond donors (Lipinski definition) is 6. The molecule has 6 heterocycles. The van der Waals surface area contributed by atoms with Crippen LogP contribution in [0.2, 0.25) is 0 Å². The van der Waals surface area contributed by atoms with Crippen molar-refractivity contribution < 1.29 is 29.7 Å². The standard InChI is InChI=1S/C20H17N3O2.C20H25N3O2.C19H23N3O2/c24-20(25)17-10-14(13-3-4-13)5-7-19(17)23-16-6-8-18(22-12-16)15-2-1-9-21-11-15;1-14-7-8-18(17(11-14)20(24)25)22-16-12-15(2)19(21-13-16)23-9-5-3-4-6-10-23;1-13-6-7-17(16(10-13)19(23)24)21-15-11-14(2)18(20-12-15)22-8-4-3-5-9-22/h1-2,5-13,23H,3-4H2,(H,24,25);7-8,11-13,22H,3-6,9-10H2,1-2H3,(H,24,25);6-7,10-12,21H,3-5,8-9H2,1-2H3,(H,23,24). The van der Waals surface area contributed by atoms with Crippen molar-refractivity contribution in [3.63, 3.8) is 0 Å². The van der Waals surface area contributed by atoms with Crippen LogP contribution in [0, 0.1) is 27.7 Å². The van der Waals surface area contributed by atoms with Gasteiger partial charge >= 0.3 is 17.9 Å². The molecular weight excluding hydrogens is 931 g/mol. The van der Waals surface area contributed by atoms with Gasteiger partial charge in [-0.2, -0.15) is 0 Å². The predicted molar refractivity (Wildman–Crippen MR) is 294 cm³/mol. The Hall–Kier alpha value is -8.33. The van der Waals surface area contributed by atoms with Crippen LogP contribution in [0.15, 0.2) is 122 Å². The SMILES string of the molecule is Cc1ccc(Nc2cnc(N3CCCCC3)c(C)c2)c(C(=O)O)c1.Cc1ccc(Nc2cnc(N3CCCCCC3)c(C)c2)c(C(=O)O)c1.O=C(O)c1cc(C2CC2)ccc1Nc1ccc(-c2cccnc2)nc1. The highest BCUT2D eigenvalue weighted by molar-refractivity contribution is 5.97. The summed E-state index contributed by atoms with van der Waals surface area (Å²) in [6.07, 6.45) is 19.8. The molecule has 7 aromatic rings. The minimum Gasteiger partial charge on any atom is -0.478 e. The van der Waals surface area contributed by atoms with Gasteiger partial charge in [-0.15, -0.1) is 0 Å². The van der Waals surface area contributed by atoms with Crippen molar-refractivity contribution >= 4 is 63.7 Å². The molecule has 1 aliphatic carbocycles. The van der Waals surface area contributed by atoms with E-state index in [4.69, 9.17) is 0 Å². The summed E-state index contributed by atoms with van der Waals surface area (Å²) in [6.45, 7) is 12.1. The molecule has 0 atom stereocenters. The zero-order valence-corrected chi connectivity index (χ0v) is 42.6. The minimum absolute atomic E-state index is 0.271. The largest absolute Gasteiger partial charge is 0.478 e. The van der Waals surface area contributed by atoms with Gasteiger partial charge in [-0.05, 0) is 168 Å². The Kier molecular flexibility index (Phi) is 17.1. The number of aromatic carboxylic acids is 3. The molecule has 15 heteroatoms. The van der Waals surface area contributed by atoms with Gasteiger partial charge in [0.1, 0.15) is 11.6 Å². The molecule has 0 bridgehead atoms. The molecule has 3 aliphatic rings. The molecule has 6 N–H and O–H groups in total. The summed E-state index contributed by atoms with van der Waals surface area (Å²) in [5, 5.41) is 37.8. The van der Waals surface area contributed by atoms with Gasteiger partial charge in [0.15, 0.2) is 0 Å². The Morgan fingerprint density at radius 2 is 0.959 bits per heavy atom. The third-order valence-corrected chi connectivity index (χ3v) is 13.4. The van der Waals surface area contributed by atoms with Gasteiger partial charge in [-0.25, -0.2) is 24.4 Å². The van der Waals surface area contributed by atoms with Crippen LogP contribution in [0.5, 0.6) is 0 Å². The lowest BCUT2D eigenvalue weighted by Crippen LogP contribution is -2.30. The smallest absolute Gasteiger partial charge is 0.337 e. The maximum absolute atomic E-state index is 11.6. The highest BCUT2D eigenvalue weighted by atomic mass is 16.4. The van der Waals surface area contributed by atoms with Crippen molar-refractivity contribution in [2.45, 2.75) is 91.4 Å². The monoisotopic (exact) mass is 996 g/mol. The van der Waals surface area contributed by atoms with E-state index in [0.717, 1.165) is 107 Å². The van der Waals surface area contributed by atoms with Gasteiger partial charge in [-0.3, -0.25) is 9.97 Å². The van der Waals surface area contributed by atoms with Crippen LogP contribution >= 0.6 is 0 Å². The van der Waals surface area contributed by atoms with Crippen LogP contribution in [-0.2, 0) is 0 Å². The molecule has 0 radical (unpaired) electrons. The molecule has 10 rings (SSSR count). The lowest BCUT2D eigenvalue weighted by Gasteiger charge is -2.29. The van der Waals surface area contributed by atoms with E-state index in [1.807, 2.05) is 74.5 Å². The highest BCUT2D eigenvalue weighted by Gasteiger charge is 2.25. The Balaban J connectivity index is 0.000000148. The average molecular weight is 996 g/mol. The van der Waals surface area contributed by atoms with Crippen LogP contribution in [0.4, 0.5) is 45.8 Å². The van der Waals surface area contributed by atoms with Gasteiger partial charge < -0.3 is 41.1 Å². The van der Waals surface area contributed by atoms with Crippen LogP contribution in [0.25, 0.3) is 11.3 Å². The highest BCUT2D eigenvalue weighted by Crippen LogP contribution is 2.41. The molecule has 74 heavy (non-hydrogen) atoms. The fourth-order valence-electron chi connectivity index (χ4n) is 9.35. The Labute approximate surface area is 432 Å². The van der Waals surface area contributed by atoms with Crippen molar-refractivity contribution in [1.29, 1.82) is 0 Å². The van der Waals surface area contributed by atoms with Crippen LogP contribution in [0.3, 0.4) is 0 Å². The predicted octanol–water partition coefficient (Wildman–Crippen LogP) is 13.1.